The molecule has 1 heterocycles. The van der Waals surface area contributed by atoms with Crippen molar-refractivity contribution in [3.05, 3.63) is 109 Å². The minimum absolute atomic E-state index is 0.0188. The first-order valence-electron chi connectivity index (χ1n) is 13.0. The Morgan fingerprint density at radius 3 is 2.17 bits per heavy atom. The summed E-state index contributed by atoms with van der Waals surface area (Å²) in [7, 11) is 1.54. The summed E-state index contributed by atoms with van der Waals surface area (Å²) >= 11 is 0. The van der Waals surface area contributed by atoms with Crippen LogP contribution in [0.25, 0.3) is 11.1 Å². The molecule has 0 bridgehead atoms. The van der Waals surface area contributed by atoms with Gasteiger partial charge in [0.05, 0.1) is 13.0 Å². The first kappa shape index (κ1) is 26.7. The summed E-state index contributed by atoms with van der Waals surface area (Å²) in [6, 6.07) is 31.6. The third kappa shape index (κ3) is 5.89. The maximum atomic E-state index is 12.8. The lowest BCUT2D eigenvalue weighted by molar-refractivity contribution is -0.151. The molecule has 5 rings (SSSR count). The largest absolute Gasteiger partial charge is 0.497 e. The molecule has 4 aromatic carbocycles. The standard InChI is InChI=1S/C33H29NO6/c1-22(32(36)24-12-16-27(38-2)17-13-24)39-33(37)25-20-31(35)34(21-25)26-14-18-28(19-15-26)40-30-11-7-6-10-29(30)23-8-4-3-5-9-23/h3-19,22,25H,20-21H2,1-2H3/t22-,25+/m1/s1. The number of hydrogen-bond donors (Lipinski definition) is 0. The number of methoxy groups -OCH3 is 1. The molecule has 1 amide bonds. The number of anilines is 1. The molecule has 0 spiro atoms. The highest BCUT2D eigenvalue weighted by atomic mass is 16.5. The number of rotatable bonds is 9. The molecule has 40 heavy (non-hydrogen) atoms. The second-order valence-corrected chi connectivity index (χ2v) is 9.54. The number of para-hydroxylation sites is 1. The van der Waals surface area contributed by atoms with Crippen LogP contribution >= 0.6 is 0 Å². The number of ether oxygens (including phenoxy) is 3. The molecule has 7 nitrogen and oxygen atoms in total. The number of carbonyl (C=O) groups excluding carboxylic acids is 3. The van der Waals surface area contributed by atoms with Crippen LogP contribution in [-0.4, -0.2) is 37.4 Å². The number of ketones is 1. The molecule has 0 aromatic heterocycles. The van der Waals surface area contributed by atoms with Crippen molar-refractivity contribution in [1.29, 1.82) is 0 Å². The molecule has 1 saturated heterocycles. The molecule has 2 atom stereocenters. The number of amides is 1. The Morgan fingerprint density at radius 1 is 0.825 bits per heavy atom. The van der Waals surface area contributed by atoms with Gasteiger partial charge in [0.25, 0.3) is 0 Å². The maximum Gasteiger partial charge on any atom is 0.312 e. The second-order valence-electron chi connectivity index (χ2n) is 9.54. The van der Waals surface area contributed by atoms with Gasteiger partial charge in [-0.2, -0.15) is 0 Å². The average molecular weight is 536 g/mol. The van der Waals surface area contributed by atoms with Crippen LogP contribution in [0.3, 0.4) is 0 Å². The number of nitrogens with zero attached hydrogens (tertiary/aromatic N) is 1. The fraction of sp³-hybridized carbons (Fsp3) is 0.182. The van der Waals surface area contributed by atoms with Gasteiger partial charge in [-0.1, -0.05) is 48.5 Å². The Balaban J connectivity index is 1.21. The molecule has 202 valence electrons. The van der Waals surface area contributed by atoms with E-state index in [1.165, 1.54) is 6.92 Å². The molecule has 0 radical (unpaired) electrons. The summed E-state index contributed by atoms with van der Waals surface area (Å²) in [6.07, 6.45) is -0.953. The van der Waals surface area contributed by atoms with Crippen LogP contribution in [0.15, 0.2) is 103 Å². The van der Waals surface area contributed by atoms with E-state index in [0.29, 0.717) is 22.7 Å². The van der Waals surface area contributed by atoms with E-state index >= 15 is 0 Å². The molecule has 4 aromatic rings. The van der Waals surface area contributed by atoms with E-state index in [1.54, 1.807) is 60.5 Å². The van der Waals surface area contributed by atoms with Gasteiger partial charge in [0, 0.05) is 29.8 Å². The van der Waals surface area contributed by atoms with E-state index in [9.17, 15) is 14.4 Å². The van der Waals surface area contributed by atoms with Gasteiger partial charge in [0.1, 0.15) is 17.2 Å². The first-order valence-corrected chi connectivity index (χ1v) is 13.0. The van der Waals surface area contributed by atoms with Gasteiger partial charge >= 0.3 is 5.97 Å². The molecule has 0 saturated carbocycles. The third-order valence-corrected chi connectivity index (χ3v) is 6.84. The van der Waals surface area contributed by atoms with Crippen molar-refractivity contribution in [3.63, 3.8) is 0 Å². The highest BCUT2D eigenvalue weighted by Crippen LogP contribution is 2.34. The van der Waals surface area contributed by atoms with Gasteiger partial charge in [-0.3, -0.25) is 14.4 Å². The fourth-order valence-electron chi connectivity index (χ4n) is 4.66. The molecule has 1 aliphatic rings. The molecule has 1 fully saturated rings. The number of carbonyl (C=O) groups is 3. The van der Waals surface area contributed by atoms with Crippen molar-refractivity contribution >= 4 is 23.3 Å². The summed E-state index contributed by atoms with van der Waals surface area (Å²) in [5.41, 5.74) is 3.10. The summed E-state index contributed by atoms with van der Waals surface area (Å²) in [5, 5.41) is 0. The van der Waals surface area contributed by atoms with Crippen LogP contribution in [0.2, 0.25) is 0 Å². The summed E-state index contributed by atoms with van der Waals surface area (Å²) in [5.74, 6) is 0.249. The van der Waals surface area contributed by atoms with Crippen molar-refractivity contribution in [2.24, 2.45) is 5.92 Å². The fourth-order valence-corrected chi connectivity index (χ4v) is 4.66. The molecular formula is C33H29NO6. The van der Waals surface area contributed by atoms with Crippen LogP contribution in [0.4, 0.5) is 5.69 Å². The van der Waals surface area contributed by atoms with Gasteiger partial charge in [-0.25, -0.2) is 0 Å². The summed E-state index contributed by atoms with van der Waals surface area (Å²) < 4.78 is 16.7. The van der Waals surface area contributed by atoms with Crippen molar-refractivity contribution < 1.29 is 28.6 Å². The maximum absolute atomic E-state index is 12.8. The molecule has 1 aliphatic heterocycles. The van der Waals surface area contributed by atoms with Gasteiger partial charge in [0.2, 0.25) is 11.7 Å². The second kappa shape index (κ2) is 11.9. The highest BCUT2D eigenvalue weighted by Gasteiger charge is 2.37. The van der Waals surface area contributed by atoms with E-state index < -0.39 is 18.0 Å². The van der Waals surface area contributed by atoms with Crippen molar-refractivity contribution in [3.8, 4) is 28.4 Å². The molecule has 0 N–H and O–H groups in total. The Kier molecular flexibility index (Phi) is 7.92. The zero-order chi connectivity index (χ0) is 28.1. The average Bonchev–Trinajstić information content (AvgIpc) is 3.39. The molecule has 0 aliphatic carbocycles. The summed E-state index contributed by atoms with van der Waals surface area (Å²) in [4.78, 5) is 39.9. The first-order chi connectivity index (χ1) is 19.4. The van der Waals surface area contributed by atoms with Crippen LogP contribution < -0.4 is 14.4 Å². The topological polar surface area (TPSA) is 82.1 Å². The van der Waals surface area contributed by atoms with Crippen molar-refractivity contribution in [2.75, 3.05) is 18.6 Å². The monoisotopic (exact) mass is 535 g/mol. The smallest absolute Gasteiger partial charge is 0.312 e. The third-order valence-electron chi connectivity index (χ3n) is 6.84. The minimum Gasteiger partial charge on any atom is -0.497 e. The Hall–Kier alpha value is -4.91. The lowest BCUT2D eigenvalue weighted by Crippen LogP contribution is -2.30. The van der Waals surface area contributed by atoms with Crippen LogP contribution in [0, 0.1) is 5.92 Å². The number of esters is 1. The van der Waals surface area contributed by atoms with Crippen LogP contribution in [0.1, 0.15) is 23.7 Å². The van der Waals surface area contributed by atoms with Gasteiger partial charge in [-0.15, -0.1) is 0 Å². The van der Waals surface area contributed by atoms with Crippen LogP contribution in [-0.2, 0) is 14.3 Å². The van der Waals surface area contributed by atoms with E-state index in [1.807, 2.05) is 54.6 Å². The number of hydrogen-bond acceptors (Lipinski definition) is 6. The SMILES string of the molecule is COc1ccc(C(=O)[C@@H](C)OC(=O)[C@H]2CC(=O)N(c3ccc(Oc4ccccc4-c4ccccc4)cc3)C2)cc1. The van der Waals surface area contributed by atoms with E-state index in [-0.39, 0.29) is 24.7 Å². The Morgan fingerprint density at radius 2 is 1.48 bits per heavy atom. The van der Waals surface area contributed by atoms with Gasteiger partial charge < -0.3 is 19.1 Å². The van der Waals surface area contributed by atoms with Gasteiger partial charge in [-0.05, 0) is 67.1 Å². The van der Waals surface area contributed by atoms with Crippen molar-refractivity contribution in [2.45, 2.75) is 19.4 Å². The zero-order valence-corrected chi connectivity index (χ0v) is 22.3. The van der Waals surface area contributed by atoms with Gasteiger partial charge in [0.15, 0.2) is 6.10 Å². The Labute approximate surface area is 232 Å². The predicted octanol–water partition coefficient (Wildman–Crippen LogP) is 6.32. The molecule has 7 heteroatoms. The van der Waals surface area contributed by atoms with E-state index in [4.69, 9.17) is 14.2 Å². The van der Waals surface area contributed by atoms with E-state index in [0.717, 1.165) is 16.9 Å². The van der Waals surface area contributed by atoms with Crippen molar-refractivity contribution in [1.82, 2.24) is 0 Å². The summed E-state index contributed by atoms with van der Waals surface area (Å²) in [6.45, 7) is 1.71. The molecular weight excluding hydrogens is 506 g/mol. The zero-order valence-electron chi connectivity index (χ0n) is 22.3. The lowest BCUT2D eigenvalue weighted by atomic mass is 10.0. The number of Topliss-reactive ketones (excluding diaryl/α,β-unsaturated/α-hetero) is 1. The predicted molar refractivity (Wildman–Crippen MR) is 152 cm³/mol. The minimum atomic E-state index is -0.972. The highest BCUT2D eigenvalue weighted by molar-refractivity contribution is 6.02. The molecule has 0 unspecified atom stereocenters. The quantitative estimate of drug-likeness (QED) is 0.184. The number of benzene rings is 4. The Bertz CT molecular complexity index is 1500. The van der Waals surface area contributed by atoms with Crippen LogP contribution in [0.5, 0.6) is 17.2 Å². The van der Waals surface area contributed by atoms with E-state index in [2.05, 4.69) is 0 Å². The normalized spacial score (nSPS) is 15.4. The lowest BCUT2D eigenvalue weighted by Gasteiger charge is -2.18.